The highest BCUT2D eigenvalue weighted by Crippen LogP contribution is 2.23. The monoisotopic (exact) mass is 287 g/mol. The summed E-state index contributed by atoms with van der Waals surface area (Å²) in [6.45, 7) is 5.66. The van der Waals surface area contributed by atoms with Gasteiger partial charge in [-0.2, -0.15) is 0 Å². The molecule has 0 aliphatic heterocycles. The van der Waals surface area contributed by atoms with Gasteiger partial charge in [0.15, 0.2) is 0 Å². The fraction of sp³-hybridized carbons (Fsp3) is 0.500. The van der Waals surface area contributed by atoms with E-state index in [9.17, 15) is 0 Å². The Labute approximate surface area is 105 Å². The zero-order chi connectivity index (χ0) is 12.0. The van der Waals surface area contributed by atoms with Gasteiger partial charge in [0, 0.05) is 23.1 Å². The van der Waals surface area contributed by atoms with Gasteiger partial charge < -0.3 is 15.2 Å². The zero-order valence-electron chi connectivity index (χ0n) is 9.66. The molecule has 0 aliphatic carbocycles. The molecule has 0 aliphatic rings. The van der Waals surface area contributed by atoms with E-state index in [-0.39, 0.29) is 6.10 Å². The second kappa shape index (κ2) is 6.89. The van der Waals surface area contributed by atoms with Crippen molar-refractivity contribution >= 4 is 15.9 Å². The first-order valence-electron chi connectivity index (χ1n) is 5.43. The number of hydrogen-bond donors (Lipinski definition) is 2. The molecule has 0 amide bonds. The van der Waals surface area contributed by atoms with Gasteiger partial charge in [0.1, 0.15) is 5.75 Å². The molecule has 16 heavy (non-hydrogen) atoms. The van der Waals surface area contributed by atoms with Crippen molar-refractivity contribution in [3.63, 3.8) is 0 Å². The third-order valence-electron chi connectivity index (χ3n) is 2.08. The molecule has 0 heterocycles. The fourth-order valence-electron chi connectivity index (χ4n) is 1.40. The number of halogens is 1. The number of ether oxygens (including phenoxy) is 1. The van der Waals surface area contributed by atoms with E-state index >= 15 is 0 Å². The Hall–Kier alpha value is -0.580. The minimum atomic E-state index is -0.331. The maximum absolute atomic E-state index is 9.15. The molecule has 0 bridgehead atoms. The summed E-state index contributed by atoms with van der Waals surface area (Å²) in [7, 11) is 0. The highest BCUT2D eigenvalue weighted by molar-refractivity contribution is 9.10. The summed E-state index contributed by atoms with van der Waals surface area (Å²) in [5.74, 6) is 0.892. The Morgan fingerprint density at radius 1 is 1.50 bits per heavy atom. The molecule has 2 N–H and O–H groups in total. The van der Waals surface area contributed by atoms with E-state index in [1.165, 1.54) is 0 Å². The standard InChI is InChI=1S/C12H18BrNO2/c1-3-16-12-5-4-11(13)6-10(12)8-14-7-9(2)15/h4-6,9,14-15H,3,7-8H2,1-2H3. The lowest BCUT2D eigenvalue weighted by molar-refractivity contribution is 0.190. The van der Waals surface area contributed by atoms with Gasteiger partial charge in [0.25, 0.3) is 0 Å². The van der Waals surface area contributed by atoms with E-state index < -0.39 is 0 Å². The summed E-state index contributed by atoms with van der Waals surface area (Å²) in [5.41, 5.74) is 1.09. The van der Waals surface area contributed by atoms with Crippen LogP contribution in [0.15, 0.2) is 22.7 Å². The number of benzene rings is 1. The molecule has 0 saturated carbocycles. The molecule has 3 nitrogen and oxygen atoms in total. The number of rotatable bonds is 6. The first-order valence-corrected chi connectivity index (χ1v) is 6.22. The van der Waals surface area contributed by atoms with Crippen molar-refractivity contribution < 1.29 is 9.84 Å². The second-order valence-electron chi connectivity index (χ2n) is 3.66. The second-order valence-corrected chi connectivity index (χ2v) is 4.58. The summed E-state index contributed by atoms with van der Waals surface area (Å²) < 4.78 is 6.56. The predicted octanol–water partition coefficient (Wildman–Crippen LogP) is 2.32. The van der Waals surface area contributed by atoms with E-state index in [4.69, 9.17) is 9.84 Å². The van der Waals surface area contributed by atoms with Crippen LogP contribution in [0.5, 0.6) is 5.75 Å². The maximum atomic E-state index is 9.15. The Morgan fingerprint density at radius 3 is 2.88 bits per heavy atom. The zero-order valence-corrected chi connectivity index (χ0v) is 11.3. The molecule has 1 atom stereocenters. The quantitative estimate of drug-likeness (QED) is 0.844. The van der Waals surface area contributed by atoms with Gasteiger partial charge in [-0.25, -0.2) is 0 Å². The van der Waals surface area contributed by atoms with Gasteiger partial charge in [-0.1, -0.05) is 15.9 Å². The van der Waals surface area contributed by atoms with Crippen molar-refractivity contribution in [1.29, 1.82) is 0 Å². The lowest BCUT2D eigenvalue weighted by atomic mass is 10.2. The van der Waals surface area contributed by atoms with Gasteiger partial charge in [0.05, 0.1) is 12.7 Å². The normalized spacial score (nSPS) is 12.5. The van der Waals surface area contributed by atoms with Gasteiger partial charge in [-0.3, -0.25) is 0 Å². The number of nitrogens with one attached hydrogen (secondary N) is 1. The number of aliphatic hydroxyl groups excluding tert-OH is 1. The van der Waals surface area contributed by atoms with Crippen molar-refractivity contribution in [3.8, 4) is 5.75 Å². The van der Waals surface area contributed by atoms with E-state index in [0.717, 1.165) is 15.8 Å². The van der Waals surface area contributed by atoms with E-state index in [1.54, 1.807) is 6.92 Å². The van der Waals surface area contributed by atoms with Crippen LogP contribution in [-0.2, 0) is 6.54 Å². The van der Waals surface area contributed by atoms with E-state index in [1.807, 2.05) is 25.1 Å². The van der Waals surface area contributed by atoms with Gasteiger partial charge in [-0.05, 0) is 32.0 Å². The van der Waals surface area contributed by atoms with Crippen LogP contribution in [0.4, 0.5) is 0 Å². The van der Waals surface area contributed by atoms with Crippen LogP contribution in [0.1, 0.15) is 19.4 Å². The van der Waals surface area contributed by atoms with Crippen LogP contribution in [-0.4, -0.2) is 24.4 Å². The van der Waals surface area contributed by atoms with Crippen molar-refractivity contribution in [1.82, 2.24) is 5.32 Å². The predicted molar refractivity (Wildman–Crippen MR) is 68.7 cm³/mol. The molecule has 0 fully saturated rings. The van der Waals surface area contributed by atoms with E-state index in [0.29, 0.717) is 19.7 Å². The third kappa shape index (κ3) is 4.51. The Kier molecular flexibility index (Phi) is 5.80. The molecule has 0 saturated heterocycles. The Morgan fingerprint density at radius 2 is 2.25 bits per heavy atom. The average Bonchev–Trinajstić information content (AvgIpc) is 2.21. The third-order valence-corrected chi connectivity index (χ3v) is 2.57. The van der Waals surface area contributed by atoms with Crippen LogP contribution in [0.25, 0.3) is 0 Å². The van der Waals surface area contributed by atoms with Crippen molar-refractivity contribution in [3.05, 3.63) is 28.2 Å². The Balaban J connectivity index is 2.64. The van der Waals surface area contributed by atoms with E-state index in [2.05, 4.69) is 21.2 Å². The van der Waals surface area contributed by atoms with Crippen LogP contribution in [0, 0.1) is 0 Å². The number of aliphatic hydroxyl groups is 1. The van der Waals surface area contributed by atoms with Gasteiger partial charge in [0.2, 0.25) is 0 Å². The molecule has 1 aromatic rings. The fourth-order valence-corrected chi connectivity index (χ4v) is 1.81. The van der Waals surface area contributed by atoms with Crippen LogP contribution >= 0.6 is 15.9 Å². The van der Waals surface area contributed by atoms with Gasteiger partial charge >= 0.3 is 0 Å². The molecule has 4 heteroatoms. The summed E-state index contributed by atoms with van der Waals surface area (Å²) >= 11 is 3.44. The van der Waals surface area contributed by atoms with Crippen LogP contribution < -0.4 is 10.1 Å². The molecule has 0 radical (unpaired) electrons. The molecule has 1 unspecified atom stereocenters. The molecular formula is C12H18BrNO2. The molecule has 0 aromatic heterocycles. The SMILES string of the molecule is CCOc1ccc(Br)cc1CNCC(C)O. The molecule has 90 valence electrons. The number of hydrogen-bond acceptors (Lipinski definition) is 3. The topological polar surface area (TPSA) is 41.5 Å². The van der Waals surface area contributed by atoms with Crippen LogP contribution in [0.3, 0.4) is 0 Å². The smallest absolute Gasteiger partial charge is 0.123 e. The van der Waals surface area contributed by atoms with Crippen molar-refractivity contribution in [2.24, 2.45) is 0 Å². The summed E-state index contributed by atoms with van der Waals surface area (Å²) in [4.78, 5) is 0. The average molecular weight is 288 g/mol. The van der Waals surface area contributed by atoms with Crippen molar-refractivity contribution in [2.75, 3.05) is 13.2 Å². The highest BCUT2D eigenvalue weighted by atomic mass is 79.9. The molecule has 0 spiro atoms. The largest absolute Gasteiger partial charge is 0.494 e. The minimum absolute atomic E-state index is 0.331. The lowest BCUT2D eigenvalue weighted by Crippen LogP contribution is -2.24. The summed E-state index contributed by atoms with van der Waals surface area (Å²) in [6, 6.07) is 5.94. The first kappa shape index (κ1) is 13.5. The molecule has 1 aromatic carbocycles. The summed E-state index contributed by atoms with van der Waals surface area (Å²) in [6.07, 6.45) is -0.331. The molecular weight excluding hydrogens is 270 g/mol. The highest BCUT2D eigenvalue weighted by Gasteiger charge is 2.04. The molecule has 1 rings (SSSR count). The lowest BCUT2D eigenvalue weighted by Gasteiger charge is -2.12. The maximum Gasteiger partial charge on any atom is 0.123 e. The Bertz CT molecular complexity index is 329. The first-order chi connectivity index (χ1) is 7.63. The van der Waals surface area contributed by atoms with Gasteiger partial charge in [-0.15, -0.1) is 0 Å². The minimum Gasteiger partial charge on any atom is -0.494 e. The summed E-state index contributed by atoms with van der Waals surface area (Å²) in [5, 5.41) is 12.3. The van der Waals surface area contributed by atoms with Crippen molar-refractivity contribution in [2.45, 2.75) is 26.5 Å². The van der Waals surface area contributed by atoms with Crippen LogP contribution in [0.2, 0.25) is 0 Å².